The molecule has 1 aromatic rings. The van der Waals surface area contributed by atoms with E-state index in [-0.39, 0.29) is 4.90 Å². The van der Waals surface area contributed by atoms with E-state index < -0.39 is 10.0 Å². The summed E-state index contributed by atoms with van der Waals surface area (Å²) in [6.45, 7) is 4.74. The summed E-state index contributed by atoms with van der Waals surface area (Å²) in [6.07, 6.45) is 5.58. The van der Waals surface area contributed by atoms with Crippen LogP contribution >= 0.6 is 0 Å². The molecular formula is C16H26N2O2S. The van der Waals surface area contributed by atoms with Gasteiger partial charge in [0.2, 0.25) is 10.0 Å². The van der Waals surface area contributed by atoms with Crippen molar-refractivity contribution in [2.45, 2.75) is 50.8 Å². The van der Waals surface area contributed by atoms with E-state index in [0.29, 0.717) is 24.1 Å². The molecule has 0 aromatic heterocycles. The van der Waals surface area contributed by atoms with Gasteiger partial charge in [0.05, 0.1) is 4.90 Å². The van der Waals surface area contributed by atoms with Gasteiger partial charge >= 0.3 is 0 Å². The smallest absolute Gasteiger partial charge is 0.240 e. The van der Waals surface area contributed by atoms with E-state index in [1.165, 1.54) is 19.3 Å². The van der Waals surface area contributed by atoms with Crippen LogP contribution < -0.4 is 10.5 Å². The number of hydrogen-bond donors (Lipinski definition) is 2. The van der Waals surface area contributed by atoms with Gasteiger partial charge in [0.25, 0.3) is 0 Å². The SMILES string of the molecule is CCc1ccc(S(=O)(=O)NCC2CCCCC2C)cc1N. The van der Waals surface area contributed by atoms with Gasteiger partial charge in [-0.05, 0) is 42.4 Å². The Bertz CT molecular complexity index is 584. The van der Waals surface area contributed by atoms with E-state index in [9.17, 15) is 8.42 Å². The molecule has 5 heteroatoms. The molecule has 21 heavy (non-hydrogen) atoms. The minimum Gasteiger partial charge on any atom is -0.398 e. The zero-order valence-electron chi connectivity index (χ0n) is 12.9. The van der Waals surface area contributed by atoms with Gasteiger partial charge in [-0.15, -0.1) is 0 Å². The fourth-order valence-electron chi connectivity index (χ4n) is 3.06. The van der Waals surface area contributed by atoms with Gasteiger partial charge in [-0.25, -0.2) is 13.1 Å². The van der Waals surface area contributed by atoms with Crippen LogP contribution in [0.1, 0.15) is 45.1 Å². The van der Waals surface area contributed by atoms with Crippen molar-refractivity contribution in [1.29, 1.82) is 0 Å². The molecule has 1 fully saturated rings. The summed E-state index contributed by atoms with van der Waals surface area (Å²) in [6, 6.07) is 5.00. The van der Waals surface area contributed by atoms with Gasteiger partial charge in [0.15, 0.2) is 0 Å². The molecule has 1 aliphatic rings. The first-order valence-corrected chi connectivity index (χ1v) is 9.30. The maximum absolute atomic E-state index is 12.4. The molecule has 1 aliphatic carbocycles. The lowest BCUT2D eigenvalue weighted by Crippen LogP contribution is -2.33. The van der Waals surface area contributed by atoms with E-state index in [4.69, 9.17) is 5.73 Å². The maximum atomic E-state index is 12.4. The predicted molar refractivity (Wildman–Crippen MR) is 86.5 cm³/mol. The molecule has 118 valence electrons. The quantitative estimate of drug-likeness (QED) is 0.821. The molecule has 0 heterocycles. The van der Waals surface area contributed by atoms with Crippen molar-refractivity contribution in [1.82, 2.24) is 4.72 Å². The second kappa shape index (κ2) is 6.79. The number of nitrogens with one attached hydrogen (secondary N) is 1. The molecule has 2 rings (SSSR count). The fourth-order valence-corrected chi connectivity index (χ4v) is 4.19. The molecule has 2 unspecified atom stereocenters. The van der Waals surface area contributed by atoms with Crippen LogP contribution in [0.15, 0.2) is 23.1 Å². The Morgan fingerprint density at radius 2 is 2.00 bits per heavy atom. The molecule has 0 bridgehead atoms. The van der Waals surface area contributed by atoms with Crippen LogP contribution in [0, 0.1) is 11.8 Å². The number of anilines is 1. The number of sulfonamides is 1. The Morgan fingerprint density at radius 3 is 2.62 bits per heavy atom. The highest BCUT2D eigenvalue weighted by Gasteiger charge is 2.23. The van der Waals surface area contributed by atoms with Crippen LogP contribution in [0.2, 0.25) is 0 Å². The number of nitrogens with two attached hydrogens (primary N) is 1. The van der Waals surface area contributed by atoms with E-state index in [1.807, 2.05) is 6.92 Å². The fraction of sp³-hybridized carbons (Fsp3) is 0.625. The lowest BCUT2D eigenvalue weighted by atomic mass is 9.81. The summed E-state index contributed by atoms with van der Waals surface area (Å²) in [7, 11) is -3.46. The van der Waals surface area contributed by atoms with Gasteiger partial charge < -0.3 is 5.73 Å². The molecule has 0 radical (unpaired) electrons. The molecule has 0 amide bonds. The number of benzene rings is 1. The Kier molecular flexibility index (Phi) is 5.27. The third-order valence-corrected chi connectivity index (χ3v) is 6.05. The summed E-state index contributed by atoms with van der Waals surface area (Å²) >= 11 is 0. The molecule has 1 saturated carbocycles. The van der Waals surface area contributed by atoms with Gasteiger partial charge in [-0.1, -0.05) is 39.2 Å². The van der Waals surface area contributed by atoms with Crippen molar-refractivity contribution in [2.24, 2.45) is 11.8 Å². The molecule has 0 saturated heterocycles. The summed E-state index contributed by atoms with van der Waals surface area (Å²) in [5.41, 5.74) is 7.43. The number of nitrogen functional groups attached to an aromatic ring is 1. The summed E-state index contributed by atoms with van der Waals surface area (Å²) in [5, 5.41) is 0. The molecule has 2 atom stereocenters. The summed E-state index contributed by atoms with van der Waals surface area (Å²) < 4.78 is 27.5. The first kappa shape index (κ1) is 16.3. The third kappa shape index (κ3) is 3.98. The highest BCUT2D eigenvalue weighted by Crippen LogP contribution is 2.29. The topological polar surface area (TPSA) is 72.2 Å². The van der Waals surface area contributed by atoms with E-state index >= 15 is 0 Å². The minimum atomic E-state index is -3.46. The van der Waals surface area contributed by atoms with Crippen molar-refractivity contribution in [3.8, 4) is 0 Å². The number of rotatable bonds is 5. The first-order chi connectivity index (χ1) is 9.94. The second-order valence-electron chi connectivity index (χ2n) is 6.09. The largest absolute Gasteiger partial charge is 0.398 e. The summed E-state index contributed by atoms with van der Waals surface area (Å²) in [4.78, 5) is 0.265. The van der Waals surface area contributed by atoms with Crippen molar-refractivity contribution in [3.05, 3.63) is 23.8 Å². The van der Waals surface area contributed by atoms with Crippen LogP contribution in [-0.2, 0) is 16.4 Å². The zero-order chi connectivity index (χ0) is 15.5. The minimum absolute atomic E-state index is 0.265. The van der Waals surface area contributed by atoms with Crippen molar-refractivity contribution < 1.29 is 8.42 Å². The Hall–Kier alpha value is -1.07. The summed E-state index contributed by atoms with van der Waals surface area (Å²) in [5.74, 6) is 1.04. The van der Waals surface area contributed by atoms with Crippen molar-refractivity contribution in [3.63, 3.8) is 0 Å². The normalized spacial score (nSPS) is 23.1. The second-order valence-corrected chi connectivity index (χ2v) is 7.85. The first-order valence-electron chi connectivity index (χ1n) is 7.82. The van der Waals surface area contributed by atoms with E-state index in [1.54, 1.807) is 18.2 Å². The number of aryl methyl sites for hydroxylation is 1. The van der Waals surface area contributed by atoms with Crippen LogP contribution in [0.3, 0.4) is 0 Å². The van der Waals surface area contributed by atoms with Gasteiger partial charge in [-0.2, -0.15) is 0 Å². The Morgan fingerprint density at radius 1 is 1.29 bits per heavy atom. The zero-order valence-corrected chi connectivity index (χ0v) is 13.7. The average Bonchev–Trinajstić information content (AvgIpc) is 2.46. The van der Waals surface area contributed by atoms with Crippen LogP contribution in [0.5, 0.6) is 0 Å². The van der Waals surface area contributed by atoms with Crippen molar-refractivity contribution >= 4 is 15.7 Å². The predicted octanol–water partition coefficient (Wildman–Crippen LogP) is 2.94. The van der Waals surface area contributed by atoms with Gasteiger partial charge in [-0.3, -0.25) is 0 Å². The number of hydrogen-bond acceptors (Lipinski definition) is 3. The highest BCUT2D eigenvalue weighted by atomic mass is 32.2. The Balaban J connectivity index is 2.06. The molecule has 0 aliphatic heterocycles. The van der Waals surface area contributed by atoms with Crippen LogP contribution in [0.25, 0.3) is 0 Å². The van der Waals surface area contributed by atoms with E-state index in [2.05, 4.69) is 11.6 Å². The van der Waals surface area contributed by atoms with Crippen molar-refractivity contribution in [2.75, 3.05) is 12.3 Å². The van der Waals surface area contributed by atoms with E-state index in [0.717, 1.165) is 18.4 Å². The van der Waals surface area contributed by atoms with Crippen LogP contribution in [0.4, 0.5) is 5.69 Å². The maximum Gasteiger partial charge on any atom is 0.240 e. The standard InChI is InChI=1S/C16H26N2O2S/c1-3-13-8-9-15(10-16(13)17)21(19,20)18-11-14-7-5-4-6-12(14)2/h8-10,12,14,18H,3-7,11,17H2,1-2H3. The molecule has 3 N–H and O–H groups in total. The molecular weight excluding hydrogens is 284 g/mol. The van der Waals surface area contributed by atoms with Gasteiger partial charge in [0, 0.05) is 12.2 Å². The van der Waals surface area contributed by atoms with Gasteiger partial charge in [0.1, 0.15) is 0 Å². The Labute approximate surface area is 128 Å². The van der Waals surface area contributed by atoms with Crippen LogP contribution in [-0.4, -0.2) is 15.0 Å². The highest BCUT2D eigenvalue weighted by molar-refractivity contribution is 7.89. The molecule has 0 spiro atoms. The molecule has 1 aromatic carbocycles. The lowest BCUT2D eigenvalue weighted by molar-refractivity contribution is 0.257. The average molecular weight is 310 g/mol. The lowest BCUT2D eigenvalue weighted by Gasteiger charge is -2.28. The third-order valence-electron chi connectivity index (χ3n) is 4.63. The molecule has 4 nitrogen and oxygen atoms in total. The monoisotopic (exact) mass is 310 g/mol.